The first-order valence-electron chi connectivity index (χ1n) is 6.61. The van der Waals surface area contributed by atoms with E-state index in [0.29, 0.717) is 25.1 Å². The van der Waals surface area contributed by atoms with Crippen LogP contribution in [-0.4, -0.2) is 29.7 Å². The van der Waals surface area contributed by atoms with Gasteiger partial charge in [-0.05, 0) is 30.5 Å². The summed E-state index contributed by atoms with van der Waals surface area (Å²) in [5.41, 5.74) is 1.34. The third-order valence-electron chi connectivity index (χ3n) is 4.52. The summed E-state index contributed by atoms with van der Waals surface area (Å²) < 4.78 is 13.3. The smallest absolute Gasteiger partial charge is 0.219 e. The molecule has 0 bridgehead atoms. The van der Waals surface area contributed by atoms with E-state index >= 15 is 0 Å². The van der Waals surface area contributed by atoms with E-state index in [0.717, 1.165) is 18.4 Å². The lowest BCUT2D eigenvalue weighted by Crippen LogP contribution is -2.43. The van der Waals surface area contributed by atoms with Gasteiger partial charge in [0.1, 0.15) is 5.82 Å². The molecule has 1 aliphatic carbocycles. The number of Topliss-reactive ketones (excluding diaryl/α,β-unsaturated/α-hetero) is 1. The molecule has 1 spiro atoms. The molecule has 1 aromatic carbocycles. The van der Waals surface area contributed by atoms with Crippen LogP contribution in [0.4, 0.5) is 4.39 Å². The summed E-state index contributed by atoms with van der Waals surface area (Å²) in [6.07, 6.45) is 2.03. The Labute approximate surface area is 123 Å². The third-order valence-corrected chi connectivity index (χ3v) is 4.52. The van der Waals surface area contributed by atoms with Gasteiger partial charge in [-0.25, -0.2) is 4.39 Å². The molecular formula is C15H17ClFNO2. The van der Waals surface area contributed by atoms with E-state index in [1.165, 1.54) is 12.1 Å². The summed E-state index contributed by atoms with van der Waals surface area (Å²) in [5, 5.41) is 0. The van der Waals surface area contributed by atoms with Crippen LogP contribution in [0.1, 0.15) is 42.1 Å². The Morgan fingerprint density at radius 1 is 1.30 bits per heavy atom. The fourth-order valence-corrected chi connectivity index (χ4v) is 3.40. The van der Waals surface area contributed by atoms with Crippen LogP contribution in [-0.2, 0) is 10.2 Å². The molecule has 108 valence electrons. The molecule has 1 fully saturated rings. The van der Waals surface area contributed by atoms with Crippen LogP contribution >= 0.6 is 12.4 Å². The number of fused-ring (bicyclic) bond motifs is 2. The van der Waals surface area contributed by atoms with E-state index in [1.807, 2.05) is 4.90 Å². The van der Waals surface area contributed by atoms with E-state index in [2.05, 4.69) is 0 Å². The highest BCUT2D eigenvalue weighted by Gasteiger charge is 2.45. The van der Waals surface area contributed by atoms with E-state index in [1.54, 1.807) is 13.0 Å². The van der Waals surface area contributed by atoms with E-state index in [-0.39, 0.29) is 35.3 Å². The number of nitrogens with zero attached hydrogens (tertiary/aromatic N) is 1. The van der Waals surface area contributed by atoms with Crippen molar-refractivity contribution in [2.75, 3.05) is 13.1 Å². The predicted molar refractivity (Wildman–Crippen MR) is 75.8 cm³/mol. The van der Waals surface area contributed by atoms with E-state index in [4.69, 9.17) is 0 Å². The van der Waals surface area contributed by atoms with Crippen molar-refractivity contribution in [1.29, 1.82) is 0 Å². The van der Waals surface area contributed by atoms with Crippen molar-refractivity contribution in [1.82, 2.24) is 4.90 Å². The maximum absolute atomic E-state index is 13.3. The molecule has 1 aliphatic heterocycles. The molecule has 3 nitrogen and oxygen atoms in total. The topological polar surface area (TPSA) is 37.4 Å². The Bertz CT molecular complexity index is 565. The van der Waals surface area contributed by atoms with Gasteiger partial charge in [0.05, 0.1) is 0 Å². The van der Waals surface area contributed by atoms with Gasteiger partial charge in [-0.3, -0.25) is 9.59 Å². The van der Waals surface area contributed by atoms with Gasteiger partial charge >= 0.3 is 0 Å². The number of amides is 1. The lowest BCUT2D eigenvalue weighted by Gasteiger charge is -2.39. The van der Waals surface area contributed by atoms with Gasteiger partial charge in [0.2, 0.25) is 5.91 Å². The molecule has 2 aliphatic rings. The van der Waals surface area contributed by atoms with E-state index in [9.17, 15) is 14.0 Å². The first-order chi connectivity index (χ1) is 9.02. The van der Waals surface area contributed by atoms with Gasteiger partial charge in [0.15, 0.2) is 5.78 Å². The monoisotopic (exact) mass is 297 g/mol. The fourth-order valence-electron chi connectivity index (χ4n) is 3.40. The molecule has 1 aromatic rings. The fraction of sp³-hybridized carbons (Fsp3) is 0.467. The number of hydrogen-bond donors (Lipinski definition) is 0. The second-order valence-corrected chi connectivity index (χ2v) is 5.58. The average Bonchev–Trinajstić information content (AvgIpc) is 2.63. The average molecular weight is 298 g/mol. The maximum Gasteiger partial charge on any atom is 0.219 e. The Kier molecular flexibility index (Phi) is 3.87. The highest BCUT2D eigenvalue weighted by Crippen LogP contribution is 2.46. The number of ketones is 1. The van der Waals surface area contributed by atoms with Crippen LogP contribution in [0.5, 0.6) is 0 Å². The number of halogens is 2. The van der Waals surface area contributed by atoms with Crippen molar-refractivity contribution in [2.45, 2.75) is 31.6 Å². The van der Waals surface area contributed by atoms with Crippen molar-refractivity contribution < 1.29 is 14.0 Å². The quantitative estimate of drug-likeness (QED) is 0.738. The number of likely N-dealkylation sites (tertiary alicyclic amines) is 1. The molecule has 5 heteroatoms. The Balaban J connectivity index is 0.00000147. The maximum atomic E-state index is 13.3. The van der Waals surface area contributed by atoms with Gasteiger partial charge in [-0.15, -0.1) is 12.4 Å². The van der Waals surface area contributed by atoms with Crippen LogP contribution < -0.4 is 0 Å². The molecule has 0 N–H and O–H groups in total. The molecule has 0 radical (unpaired) electrons. The van der Waals surface area contributed by atoms with Crippen molar-refractivity contribution in [3.8, 4) is 0 Å². The van der Waals surface area contributed by atoms with Crippen molar-refractivity contribution >= 4 is 24.1 Å². The highest BCUT2D eigenvalue weighted by atomic mass is 35.5. The Hall–Kier alpha value is -1.42. The molecule has 0 saturated carbocycles. The normalized spacial score (nSPS) is 19.7. The zero-order valence-corrected chi connectivity index (χ0v) is 12.1. The van der Waals surface area contributed by atoms with Crippen LogP contribution in [0, 0.1) is 5.82 Å². The van der Waals surface area contributed by atoms with Crippen molar-refractivity contribution in [2.24, 2.45) is 0 Å². The molecule has 0 unspecified atom stereocenters. The van der Waals surface area contributed by atoms with Crippen LogP contribution in [0.3, 0.4) is 0 Å². The zero-order valence-electron chi connectivity index (χ0n) is 11.3. The molecule has 3 rings (SSSR count). The number of carbonyl (C=O) groups is 2. The summed E-state index contributed by atoms with van der Waals surface area (Å²) in [4.78, 5) is 25.2. The Morgan fingerprint density at radius 3 is 2.55 bits per heavy atom. The molecule has 0 aromatic heterocycles. The van der Waals surface area contributed by atoms with Gasteiger partial charge in [0, 0.05) is 37.4 Å². The lowest BCUT2D eigenvalue weighted by atomic mass is 9.74. The largest absolute Gasteiger partial charge is 0.343 e. The number of hydrogen-bond acceptors (Lipinski definition) is 2. The van der Waals surface area contributed by atoms with Crippen LogP contribution in [0.25, 0.3) is 0 Å². The summed E-state index contributed by atoms with van der Waals surface area (Å²) >= 11 is 0. The second kappa shape index (κ2) is 5.17. The molecule has 1 saturated heterocycles. The molecule has 20 heavy (non-hydrogen) atoms. The lowest BCUT2D eigenvalue weighted by molar-refractivity contribution is -0.130. The highest BCUT2D eigenvalue weighted by molar-refractivity contribution is 6.02. The van der Waals surface area contributed by atoms with Gasteiger partial charge in [-0.1, -0.05) is 6.07 Å². The molecule has 0 atom stereocenters. The summed E-state index contributed by atoms with van der Waals surface area (Å²) in [7, 11) is 0. The molecule has 1 heterocycles. The number of carbonyl (C=O) groups excluding carboxylic acids is 2. The van der Waals surface area contributed by atoms with Crippen molar-refractivity contribution in [3.63, 3.8) is 0 Å². The van der Waals surface area contributed by atoms with Gasteiger partial charge < -0.3 is 4.90 Å². The molecule has 1 amide bonds. The summed E-state index contributed by atoms with van der Waals surface area (Å²) in [5.74, 6) is -0.241. The minimum Gasteiger partial charge on any atom is -0.343 e. The van der Waals surface area contributed by atoms with Crippen LogP contribution in [0.2, 0.25) is 0 Å². The predicted octanol–water partition coefficient (Wildman–Crippen LogP) is 2.71. The summed E-state index contributed by atoms with van der Waals surface area (Å²) in [6, 6.07) is 4.53. The third kappa shape index (κ3) is 2.22. The van der Waals surface area contributed by atoms with E-state index < -0.39 is 0 Å². The summed E-state index contributed by atoms with van der Waals surface area (Å²) in [6.45, 7) is 2.93. The standard InChI is InChI=1S/C15H16FNO2.ClH/c1-10(18)17-6-4-15(5-7-17)9-14(19)12-8-11(16)2-3-13(12)15;/h2-3,8H,4-7,9H2,1H3;1H. The first-order valence-corrected chi connectivity index (χ1v) is 6.61. The van der Waals surface area contributed by atoms with Crippen LogP contribution in [0.15, 0.2) is 18.2 Å². The van der Waals surface area contributed by atoms with Crippen molar-refractivity contribution in [3.05, 3.63) is 35.1 Å². The Morgan fingerprint density at radius 2 is 1.95 bits per heavy atom. The van der Waals surface area contributed by atoms with Gasteiger partial charge in [0.25, 0.3) is 0 Å². The number of piperidine rings is 1. The molecular weight excluding hydrogens is 281 g/mol. The first kappa shape index (κ1) is 15.0. The minimum absolute atomic E-state index is 0. The number of rotatable bonds is 0. The number of benzene rings is 1. The SMILES string of the molecule is CC(=O)N1CCC2(CC1)CC(=O)c1cc(F)ccc12.Cl. The second-order valence-electron chi connectivity index (χ2n) is 5.58. The minimum atomic E-state index is -0.356. The zero-order chi connectivity index (χ0) is 13.6. The van der Waals surface area contributed by atoms with Gasteiger partial charge in [-0.2, -0.15) is 0 Å².